The van der Waals surface area contributed by atoms with E-state index in [4.69, 9.17) is 4.74 Å². The molecule has 1 aliphatic rings. The summed E-state index contributed by atoms with van der Waals surface area (Å²) in [6.07, 6.45) is 0.615. The number of ether oxygens (including phenoxy) is 1. The Balaban J connectivity index is 0.00000264. The molecule has 1 fully saturated rings. The molecule has 1 aliphatic heterocycles. The summed E-state index contributed by atoms with van der Waals surface area (Å²) < 4.78 is 28.1. The molecule has 2 N–H and O–H groups in total. The van der Waals surface area contributed by atoms with Gasteiger partial charge >= 0.3 is 0 Å². The number of sulfone groups is 1. The molecule has 1 aromatic heterocycles. The molecule has 1 unspecified atom stereocenters. The molecule has 0 aliphatic carbocycles. The van der Waals surface area contributed by atoms with Crippen molar-refractivity contribution in [2.24, 2.45) is 4.99 Å². The van der Waals surface area contributed by atoms with E-state index in [1.807, 2.05) is 19.1 Å². The number of rotatable bonds is 5. The van der Waals surface area contributed by atoms with Crippen LogP contribution in [0.4, 0.5) is 0 Å². The van der Waals surface area contributed by atoms with E-state index in [-0.39, 0.29) is 41.5 Å². The van der Waals surface area contributed by atoms with Crippen molar-refractivity contribution in [3.8, 4) is 5.88 Å². The van der Waals surface area contributed by atoms with E-state index in [0.29, 0.717) is 31.3 Å². The van der Waals surface area contributed by atoms with Crippen LogP contribution in [-0.4, -0.2) is 50.6 Å². The monoisotopic (exact) mass is 454 g/mol. The molecule has 7 nitrogen and oxygen atoms in total. The number of hydrogen-bond donors (Lipinski definition) is 2. The fourth-order valence-electron chi connectivity index (χ4n) is 2.24. The second kappa shape index (κ2) is 9.26. The van der Waals surface area contributed by atoms with Crippen LogP contribution in [-0.2, 0) is 16.4 Å². The van der Waals surface area contributed by atoms with E-state index in [1.54, 1.807) is 13.2 Å². The van der Waals surface area contributed by atoms with Gasteiger partial charge in [0, 0.05) is 18.7 Å². The van der Waals surface area contributed by atoms with Crippen LogP contribution in [0.2, 0.25) is 0 Å². The van der Waals surface area contributed by atoms with Gasteiger partial charge in [-0.15, -0.1) is 24.0 Å². The SMILES string of the molecule is CCNC(=NCc1cccc(OC)n1)NC1CCS(=O)(=O)C1.I. The van der Waals surface area contributed by atoms with Crippen molar-refractivity contribution in [3.63, 3.8) is 0 Å². The Labute approximate surface area is 154 Å². The number of pyridine rings is 1. The number of hydrogen-bond acceptors (Lipinski definition) is 5. The molecule has 0 radical (unpaired) electrons. The zero-order valence-corrected chi connectivity index (χ0v) is 16.4. The van der Waals surface area contributed by atoms with Gasteiger partial charge in [0.15, 0.2) is 15.8 Å². The molecular weight excluding hydrogens is 431 g/mol. The Kier molecular flexibility index (Phi) is 8.03. The normalized spacial score (nSPS) is 19.7. The summed E-state index contributed by atoms with van der Waals surface area (Å²) in [5, 5.41) is 6.29. The molecule has 1 saturated heterocycles. The minimum atomic E-state index is -2.91. The standard InChI is InChI=1S/C14H22N4O3S.HI/c1-3-15-14(18-12-7-8-22(19,20)10-12)16-9-11-5-4-6-13(17-11)21-2;/h4-6,12H,3,7-10H2,1-2H3,(H2,15,16,18);1H. The maximum Gasteiger partial charge on any atom is 0.213 e. The van der Waals surface area contributed by atoms with E-state index in [0.717, 1.165) is 5.69 Å². The van der Waals surface area contributed by atoms with E-state index < -0.39 is 9.84 Å². The average Bonchev–Trinajstić information content (AvgIpc) is 2.84. The molecule has 1 aromatic rings. The maximum absolute atomic E-state index is 11.5. The van der Waals surface area contributed by atoms with E-state index in [2.05, 4.69) is 20.6 Å². The van der Waals surface area contributed by atoms with Gasteiger partial charge in [0.25, 0.3) is 0 Å². The molecule has 1 atom stereocenters. The van der Waals surface area contributed by atoms with Crippen molar-refractivity contribution in [3.05, 3.63) is 23.9 Å². The van der Waals surface area contributed by atoms with Gasteiger partial charge in [-0.3, -0.25) is 0 Å². The third-order valence-corrected chi connectivity index (χ3v) is 5.07. The molecule has 130 valence electrons. The third kappa shape index (κ3) is 6.50. The fraction of sp³-hybridized carbons (Fsp3) is 0.571. The van der Waals surface area contributed by atoms with Gasteiger partial charge in [-0.1, -0.05) is 6.07 Å². The Hall–Kier alpha value is -1.10. The highest BCUT2D eigenvalue weighted by atomic mass is 127. The second-order valence-electron chi connectivity index (χ2n) is 5.11. The van der Waals surface area contributed by atoms with Crippen LogP contribution in [0.25, 0.3) is 0 Å². The summed E-state index contributed by atoms with van der Waals surface area (Å²) in [5.74, 6) is 1.55. The van der Waals surface area contributed by atoms with E-state index in [1.165, 1.54) is 0 Å². The first-order chi connectivity index (χ1) is 10.5. The lowest BCUT2D eigenvalue weighted by Gasteiger charge is -2.15. The largest absolute Gasteiger partial charge is 0.481 e. The molecule has 0 saturated carbocycles. The first kappa shape index (κ1) is 19.9. The number of aliphatic imine (C=N–C) groups is 1. The van der Waals surface area contributed by atoms with Crippen molar-refractivity contribution in [1.29, 1.82) is 0 Å². The van der Waals surface area contributed by atoms with Crippen molar-refractivity contribution in [2.75, 3.05) is 25.2 Å². The zero-order valence-electron chi connectivity index (χ0n) is 13.3. The number of aromatic nitrogens is 1. The van der Waals surface area contributed by atoms with Gasteiger partial charge in [-0.05, 0) is 19.4 Å². The first-order valence-electron chi connectivity index (χ1n) is 7.27. The number of nitrogens with one attached hydrogen (secondary N) is 2. The lowest BCUT2D eigenvalue weighted by atomic mass is 10.3. The van der Waals surface area contributed by atoms with Gasteiger partial charge in [-0.25, -0.2) is 18.4 Å². The maximum atomic E-state index is 11.5. The summed E-state index contributed by atoms with van der Waals surface area (Å²) in [7, 11) is -1.34. The summed E-state index contributed by atoms with van der Waals surface area (Å²) in [6.45, 7) is 3.06. The van der Waals surface area contributed by atoms with E-state index in [9.17, 15) is 8.42 Å². The first-order valence-corrected chi connectivity index (χ1v) is 9.09. The molecular formula is C14H23IN4O3S. The predicted molar refractivity (Wildman–Crippen MR) is 101 cm³/mol. The quantitative estimate of drug-likeness (QED) is 0.391. The summed E-state index contributed by atoms with van der Waals surface area (Å²) in [6, 6.07) is 5.43. The molecule has 23 heavy (non-hydrogen) atoms. The molecule has 9 heteroatoms. The average molecular weight is 454 g/mol. The highest BCUT2D eigenvalue weighted by Gasteiger charge is 2.28. The molecule has 0 amide bonds. The number of nitrogens with zero attached hydrogens (tertiary/aromatic N) is 2. The summed E-state index contributed by atoms with van der Waals surface area (Å²) >= 11 is 0. The van der Waals surface area contributed by atoms with Crippen molar-refractivity contribution >= 4 is 39.8 Å². The smallest absolute Gasteiger partial charge is 0.213 e. The van der Waals surface area contributed by atoms with Crippen molar-refractivity contribution in [2.45, 2.75) is 25.9 Å². The van der Waals surface area contributed by atoms with Gasteiger partial charge in [0.1, 0.15) is 0 Å². The predicted octanol–water partition coefficient (Wildman–Crippen LogP) is 0.950. The fourth-order valence-corrected chi connectivity index (χ4v) is 3.91. The van der Waals surface area contributed by atoms with Crippen LogP contribution in [0.1, 0.15) is 19.0 Å². The van der Waals surface area contributed by atoms with Gasteiger partial charge in [-0.2, -0.15) is 0 Å². The summed E-state index contributed by atoms with van der Waals surface area (Å²) in [4.78, 5) is 8.75. The lowest BCUT2D eigenvalue weighted by Crippen LogP contribution is -2.44. The minimum absolute atomic E-state index is 0. The second-order valence-corrected chi connectivity index (χ2v) is 7.34. The van der Waals surface area contributed by atoms with Crippen molar-refractivity contribution in [1.82, 2.24) is 15.6 Å². The Morgan fingerprint density at radius 2 is 2.26 bits per heavy atom. The molecule has 0 spiro atoms. The van der Waals surface area contributed by atoms with E-state index >= 15 is 0 Å². The lowest BCUT2D eigenvalue weighted by molar-refractivity contribution is 0.396. The van der Waals surface area contributed by atoms with Crippen LogP contribution in [0, 0.1) is 0 Å². The Bertz CT molecular complexity index is 637. The van der Waals surface area contributed by atoms with Gasteiger partial charge in [0.05, 0.1) is 30.9 Å². The Morgan fingerprint density at radius 1 is 1.48 bits per heavy atom. The molecule has 2 heterocycles. The van der Waals surface area contributed by atoms with Crippen LogP contribution >= 0.6 is 24.0 Å². The van der Waals surface area contributed by atoms with Crippen LogP contribution in [0.5, 0.6) is 5.88 Å². The number of methoxy groups -OCH3 is 1. The molecule has 2 rings (SSSR count). The third-order valence-electron chi connectivity index (χ3n) is 3.31. The zero-order chi connectivity index (χ0) is 16.0. The van der Waals surface area contributed by atoms with Crippen LogP contribution < -0.4 is 15.4 Å². The Morgan fingerprint density at radius 3 is 2.87 bits per heavy atom. The number of halogens is 1. The van der Waals surface area contributed by atoms with Crippen LogP contribution in [0.15, 0.2) is 23.2 Å². The highest BCUT2D eigenvalue weighted by molar-refractivity contribution is 14.0. The minimum Gasteiger partial charge on any atom is -0.481 e. The molecule has 0 bridgehead atoms. The van der Waals surface area contributed by atoms with Gasteiger partial charge in [0.2, 0.25) is 5.88 Å². The topological polar surface area (TPSA) is 92.7 Å². The van der Waals surface area contributed by atoms with Crippen molar-refractivity contribution < 1.29 is 13.2 Å². The van der Waals surface area contributed by atoms with Gasteiger partial charge < -0.3 is 15.4 Å². The van der Waals surface area contributed by atoms with Crippen LogP contribution in [0.3, 0.4) is 0 Å². The molecule has 0 aromatic carbocycles. The number of guanidine groups is 1. The summed E-state index contributed by atoms with van der Waals surface area (Å²) in [5.41, 5.74) is 0.788. The highest BCUT2D eigenvalue weighted by Crippen LogP contribution is 2.11.